The van der Waals surface area contributed by atoms with E-state index < -0.39 is 10.0 Å². The fraction of sp³-hybridized carbons (Fsp3) is 0.533. The molecule has 0 bridgehead atoms. The van der Waals surface area contributed by atoms with Crippen LogP contribution in [-0.2, 0) is 22.9 Å². The average molecular weight is 322 g/mol. The predicted molar refractivity (Wildman–Crippen MR) is 88.5 cm³/mol. The molecule has 1 aromatic rings. The van der Waals surface area contributed by atoms with Gasteiger partial charge in [0, 0.05) is 31.2 Å². The van der Waals surface area contributed by atoms with Gasteiger partial charge in [0.15, 0.2) is 5.96 Å². The van der Waals surface area contributed by atoms with E-state index in [0.29, 0.717) is 25.6 Å². The Kier molecular flexibility index (Phi) is 4.10. The lowest BCUT2D eigenvalue weighted by Gasteiger charge is -2.36. The first-order valence-electron chi connectivity index (χ1n) is 7.56. The lowest BCUT2D eigenvalue weighted by molar-refractivity contribution is 0.209. The number of hydrogen-bond acceptors (Lipinski definition) is 3. The first kappa shape index (κ1) is 15.3. The Labute approximate surface area is 131 Å². The number of guanidine groups is 1. The number of nitrogens with one attached hydrogen (secondary N) is 1. The maximum Gasteiger partial charge on any atom is 0.211 e. The predicted octanol–water partition coefficient (Wildman–Crippen LogP) is 0.793. The van der Waals surface area contributed by atoms with Crippen molar-refractivity contribution in [1.29, 1.82) is 0 Å². The van der Waals surface area contributed by atoms with Crippen molar-refractivity contribution in [3.05, 3.63) is 29.3 Å². The molecule has 3 rings (SSSR count). The van der Waals surface area contributed by atoms with E-state index in [2.05, 4.69) is 22.4 Å². The topological polar surface area (TPSA) is 87.8 Å². The molecule has 2 aliphatic rings. The molecule has 0 saturated carbocycles. The molecule has 7 heteroatoms. The molecule has 22 heavy (non-hydrogen) atoms. The summed E-state index contributed by atoms with van der Waals surface area (Å²) in [5.74, 6) is 0.644. The van der Waals surface area contributed by atoms with Gasteiger partial charge < -0.3 is 11.1 Å². The van der Waals surface area contributed by atoms with Gasteiger partial charge >= 0.3 is 0 Å². The molecule has 6 nitrogen and oxygen atoms in total. The van der Waals surface area contributed by atoms with Crippen LogP contribution in [0.15, 0.2) is 23.2 Å². The second-order valence-electron chi connectivity index (χ2n) is 6.13. The Morgan fingerprint density at radius 2 is 2.09 bits per heavy atom. The third-order valence-electron chi connectivity index (χ3n) is 4.28. The van der Waals surface area contributed by atoms with E-state index in [1.165, 1.54) is 28.1 Å². The molecule has 0 atom stereocenters. The van der Waals surface area contributed by atoms with Crippen molar-refractivity contribution in [3.63, 3.8) is 0 Å². The van der Waals surface area contributed by atoms with Crippen LogP contribution < -0.4 is 11.1 Å². The highest BCUT2D eigenvalue weighted by Gasteiger charge is 2.32. The van der Waals surface area contributed by atoms with E-state index in [4.69, 9.17) is 5.73 Å². The molecule has 3 N–H and O–H groups in total. The summed E-state index contributed by atoms with van der Waals surface area (Å²) in [5.41, 5.74) is 9.69. The van der Waals surface area contributed by atoms with Gasteiger partial charge in [0.25, 0.3) is 0 Å². The van der Waals surface area contributed by atoms with Crippen molar-refractivity contribution >= 4 is 21.7 Å². The number of anilines is 1. The van der Waals surface area contributed by atoms with Crippen molar-refractivity contribution in [1.82, 2.24) is 4.31 Å². The molecule has 0 radical (unpaired) electrons. The molecule has 1 fully saturated rings. The van der Waals surface area contributed by atoms with E-state index >= 15 is 0 Å². The zero-order valence-corrected chi connectivity index (χ0v) is 13.6. The number of sulfonamides is 1. The van der Waals surface area contributed by atoms with Gasteiger partial charge in [-0.05, 0) is 42.5 Å². The number of benzene rings is 1. The first-order chi connectivity index (χ1) is 10.4. The Bertz CT molecular complexity index is 693. The Hall–Kier alpha value is -1.60. The molecule has 1 aliphatic heterocycles. The molecular weight excluding hydrogens is 300 g/mol. The number of nitrogens with zero attached hydrogens (tertiary/aromatic N) is 2. The first-order valence-corrected chi connectivity index (χ1v) is 9.40. The fourth-order valence-electron chi connectivity index (χ4n) is 2.97. The van der Waals surface area contributed by atoms with Crippen molar-refractivity contribution in [2.24, 2.45) is 16.6 Å². The van der Waals surface area contributed by atoms with Crippen LogP contribution >= 0.6 is 0 Å². The van der Waals surface area contributed by atoms with Crippen LogP contribution in [0.2, 0.25) is 0 Å². The number of aryl methyl sites for hydroxylation is 2. The number of fused-ring (bicyclic) bond motifs is 1. The van der Waals surface area contributed by atoms with E-state index in [-0.39, 0.29) is 5.92 Å². The van der Waals surface area contributed by atoms with E-state index in [1.54, 1.807) is 0 Å². The van der Waals surface area contributed by atoms with Gasteiger partial charge in [-0.3, -0.25) is 4.99 Å². The van der Waals surface area contributed by atoms with Gasteiger partial charge in [0.05, 0.1) is 6.26 Å². The normalized spacial score (nSPS) is 19.8. The molecule has 0 aromatic heterocycles. The third kappa shape index (κ3) is 3.41. The maximum atomic E-state index is 11.3. The highest BCUT2D eigenvalue weighted by Crippen LogP contribution is 2.24. The van der Waals surface area contributed by atoms with E-state index in [0.717, 1.165) is 18.5 Å². The molecular formula is C15H22N4O2S. The summed E-state index contributed by atoms with van der Waals surface area (Å²) in [6.45, 7) is 1.62. The van der Waals surface area contributed by atoms with Crippen LogP contribution in [0.5, 0.6) is 0 Å². The SMILES string of the molecule is CS(=O)(=O)N1CC(CN=C(N)Nc2ccc3c(c2)CCC3)C1. The summed E-state index contributed by atoms with van der Waals surface area (Å²) < 4.78 is 24.0. The van der Waals surface area contributed by atoms with Crippen LogP contribution in [0.3, 0.4) is 0 Å². The van der Waals surface area contributed by atoms with Gasteiger partial charge in [-0.15, -0.1) is 0 Å². The molecule has 1 saturated heterocycles. The third-order valence-corrected chi connectivity index (χ3v) is 5.52. The smallest absolute Gasteiger partial charge is 0.211 e. The minimum absolute atomic E-state index is 0.259. The minimum Gasteiger partial charge on any atom is -0.370 e. The van der Waals surface area contributed by atoms with Crippen LogP contribution in [-0.4, -0.2) is 44.6 Å². The van der Waals surface area contributed by atoms with Crippen molar-refractivity contribution < 1.29 is 8.42 Å². The van der Waals surface area contributed by atoms with Crippen LogP contribution in [0.4, 0.5) is 5.69 Å². The molecule has 0 amide bonds. The Morgan fingerprint density at radius 1 is 1.36 bits per heavy atom. The molecule has 0 spiro atoms. The summed E-state index contributed by atoms with van der Waals surface area (Å²) in [6, 6.07) is 6.31. The molecule has 1 aromatic carbocycles. The zero-order chi connectivity index (χ0) is 15.7. The van der Waals surface area contributed by atoms with Crippen LogP contribution in [0, 0.1) is 5.92 Å². The largest absolute Gasteiger partial charge is 0.370 e. The van der Waals surface area contributed by atoms with Gasteiger partial charge in [-0.2, -0.15) is 0 Å². The van der Waals surface area contributed by atoms with Crippen molar-refractivity contribution in [3.8, 4) is 0 Å². The van der Waals surface area contributed by atoms with E-state index in [9.17, 15) is 8.42 Å². The number of hydrogen-bond donors (Lipinski definition) is 2. The lowest BCUT2D eigenvalue weighted by Crippen LogP contribution is -2.50. The van der Waals surface area contributed by atoms with Crippen molar-refractivity contribution in [2.45, 2.75) is 19.3 Å². The number of rotatable bonds is 4. The van der Waals surface area contributed by atoms with Crippen LogP contribution in [0.1, 0.15) is 17.5 Å². The quantitative estimate of drug-likeness (QED) is 0.634. The number of aliphatic imine (C=N–C) groups is 1. The number of nitrogens with two attached hydrogens (primary N) is 1. The van der Waals surface area contributed by atoms with Gasteiger partial charge in [-0.25, -0.2) is 12.7 Å². The second kappa shape index (κ2) is 5.89. The summed E-state index contributed by atoms with van der Waals surface area (Å²) >= 11 is 0. The van der Waals surface area contributed by atoms with E-state index in [1.807, 2.05) is 6.07 Å². The van der Waals surface area contributed by atoms with Crippen LogP contribution in [0.25, 0.3) is 0 Å². The summed E-state index contributed by atoms with van der Waals surface area (Å²) in [6.07, 6.45) is 4.75. The van der Waals surface area contributed by atoms with Crippen molar-refractivity contribution in [2.75, 3.05) is 31.2 Å². The van der Waals surface area contributed by atoms with Gasteiger partial charge in [0.2, 0.25) is 10.0 Å². The molecule has 1 heterocycles. The fourth-order valence-corrected chi connectivity index (χ4v) is 3.94. The molecule has 120 valence electrons. The maximum absolute atomic E-state index is 11.3. The zero-order valence-electron chi connectivity index (χ0n) is 12.7. The standard InChI is InChI=1S/C15H22N4O2S/c1-22(20,21)19-9-11(10-19)8-17-15(16)18-14-6-5-12-3-2-4-13(12)7-14/h5-7,11H,2-4,8-10H2,1H3,(H3,16,17,18). The summed E-state index contributed by atoms with van der Waals surface area (Å²) in [4.78, 5) is 4.31. The highest BCUT2D eigenvalue weighted by atomic mass is 32.2. The Balaban J connectivity index is 1.51. The van der Waals surface area contributed by atoms with Gasteiger partial charge in [0.1, 0.15) is 0 Å². The summed E-state index contributed by atoms with van der Waals surface area (Å²) in [5, 5.41) is 3.11. The lowest BCUT2D eigenvalue weighted by atomic mass is 10.0. The highest BCUT2D eigenvalue weighted by molar-refractivity contribution is 7.88. The molecule has 1 aliphatic carbocycles. The molecule has 0 unspecified atom stereocenters. The Morgan fingerprint density at radius 3 is 2.82 bits per heavy atom. The minimum atomic E-state index is -3.05. The average Bonchev–Trinajstić information content (AvgIpc) is 2.82. The monoisotopic (exact) mass is 322 g/mol. The summed E-state index contributed by atoms with van der Waals surface area (Å²) in [7, 11) is -3.05. The van der Waals surface area contributed by atoms with Gasteiger partial charge in [-0.1, -0.05) is 6.07 Å². The second-order valence-corrected chi connectivity index (χ2v) is 8.12.